The van der Waals surface area contributed by atoms with E-state index in [4.69, 9.17) is 5.11 Å². The van der Waals surface area contributed by atoms with Crippen molar-refractivity contribution in [3.8, 4) is 6.07 Å². The van der Waals surface area contributed by atoms with E-state index in [1.807, 2.05) is 6.07 Å². The number of H-pyrrole nitrogens is 1. The number of rotatable bonds is 3. The SMILES string of the molecule is CC1=C(C#N)[C@H](c2ccc3n[nH]c(C)c3c2)C(=C=[N-])C(C(F)(F)F)=N1.C[N+](C)(C)CCO. The minimum absolute atomic E-state index is 0.0325. The molecule has 0 saturated carbocycles. The number of halogens is 3. The standard InChI is InChI=1S/C17H11F3N5.C5H14NO/c1-8-12(6-21)15(13(7-22)16(23-8)17(18,19)20)10-3-4-14-11(5-10)9(2)24-25-14;1-6(2,3)4-5-7/h3-5,15H,1-2H3,(H,24,25);7H,4-5H2,1-3H3/q-1;+1/t15-;/m0./s1. The summed E-state index contributed by atoms with van der Waals surface area (Å²) in [5.74, 6) is 0.499. The summed E-state index contributed by atoms with van der Waals surface area (Å²) in [6.07, 6.45) is -4.78. The minimum atomic E-state index is -4.78. The van der Waals surface area contributed by atoms with Crippen molar-refractivity contribution in [3.05, 3.63) is 51.7 Å². The van der Waals surface area contributed by atoms with Gasteiger partial charge in [0.05, 0.1) is 56.5 Å². The molecule has 0 unspecified atom stereocenters. The Morgan fingerprint density at radius 2 is 1.91 bits per heavy atom. The van der Waals surface area contributed by atoms with Crippen LogP contribution in [0.2, 0.25) is 0 Å². The third kappa shape index (κ3) is 5.51. The molecule has 1 aliphatic rings. The number of fused-ring (bicyclic) bond motifs is 1. The number of aliphatic imine (C=N–C) groups is 1. The highest BCUT2D eigenvalue weighted by molar-refractivity contribution is 6.13. The van der Waals surface area contributed by atoms with Crippen LogP contribution < -0.4 is 0 Å². The third-order valence-electron chi connectivity index (χ3n) is 4.88. The number of alkyl halides is 3. The second-order valence-corrected chi connectivity index (χ2v) is 8.39. The summed E-state index contributed by atoms with van der Waals surface area (Å²) < 4.78 is 40.8. The van der Waals surface area contributed by atoms with E-state index in [1.165, 1.54) is 6.92 Å². The van der Waals surface area contributed by atoms with Crippen LogP contribution in [0, 0.1) is 18.3 Å². The predicted octanol–water partition coefficient (Wildman–Crippen LogP) is 3.62. The highest BCUT2D eigenvalue weighted by atomic mass is 19.4. The number of nitrogens with one attached hydrogen (secondary N) is 1. The summed E-state index contributed by atoms with van der Waals surface area (Å²) in [6, 6.07) is 6.78. The van der Waals surface area contributed by atoms with Gasteiger partial charge < -0.3 is 15.0 Å². The molecule has 1 atom stereocenters. The Labute approximate surface area is 184 Å². The highest BCUT2D eigenvalue weighted by Gasteiger charge is 2.43. The van der Waals surface area contributed by atoms with Gasteiger partial charge in [-0.25, -0.2) is 4.99 Å². The van der Waals surface area contributed by atoms with E-state index in [-0.39, 0.29) is 17.9 Å². The number of allylic oxidation sites excluding steroid dienone is 3. The average molecular weight is 446 g/mol. The lowest BCUT2D eigenvalue weighted by molar-refractivity contribution is -0.870. The Morgan fingerprint density at radius 3 is 2.38 bits per heavy atom. The lowest BCUT2D eigenvalue weighted by atomic mass is 9.80. The number of hydrogen-bond acceptors (Lipinski definition) is 4. The van der Waals surface area contributed by atoms with Crippen LogP contribution in [0.15, 0.2) is 40.0 Å². The van der Waals surface area contributed by atoms with Gasteiger partial charge in [0.2, 0.25) is 0 Å². The van der Waals surface area contributed by atoms with Crippen LogP contribution in [0.3, 0.4) is 0 Å². The van der Waals surface area contributed by atoms with E-state index >= 15 is 0 Å². The number of aromatic amines is 1. The molecule has 0 saturated heterocycles. The molecule has 2 N–H and O–H groups in total. The van der Waals surface area contributed by atoms with Gasteiger partial charge in [0, 0.05) is 16.7 Å². The Morgan fingerprint density at radius 1 is 1.25 bits per heavy atom. The molecule has 2 aromatic rings. The molecule has 0 spiro atoms. The number of aliphatic hydroxyl groups is 1. The number of nitriles is 1. The third-order valence-corrected chi connectivity index (χ3v) is 4.88. The number of nitrogens with zero attached hydrogens (tertiary/aromatic N) is 5. The van der Waals surface area contributed by atoms with Crippen LogP contribution >= 0.6 is 0 Å². The second-order valence-electron chi connectivity index (χ2n) is 8.39. The summed E-state index contributed by atoms with van der Waals surface area (Å²) in [6.45, 7) is 4.24. The van der Waals surface area contributed by atoms with E-state index in [0.717, 1.165) is 22.1 Å². The van der Waals surface area contributed by atoms with Crippen molar-refractivity contribution in [2.75, 3.05) is 34.3 Å². The zero-order valence-electron chi connectivity index (χ0n) is 18.5. The van der Waals surface area contributed by atoms with Gasteiger partial charge in [-0.1, -0.05) is 6.07 Å². The van der Waals surface area contributed by atoms with Crippen LogP contribution in [-0.2, 0) is 0 Å². The molecular weight excluding hydrogens is 421 g/mol. The molecule has 1 aliphatic heterocycles. The smallest absolute Gasteiger partial charge is 0.434 e. The van der Waals surface area contributed by atoms with Gasteiger partial charge in [0.1, 0.15) is 6.54 Å². The van der Waals surface area contributed by atoms with Crippen LogP contribution in [0.5, 0.6) is 0 Å². The molecular formula is C22H25F3N6O. The first kappa shape index (κ1) is 25.0. The normalized spacial score (nSPS) is 16.8. The molecule has 0 bridgehead atoms. The van der Waals surface area contributed by atoms with Crippen molar-refractivity contribution < 1.29 is 22.8 Å². The fourth-order valence-corrected chi connectivity index (χ4v) is 3.23. The summed E-state index contributed by atoms with van der Waals surface area (Å²) in [5.41, 5.74) is -0.0146. The van der Waals surface area contributed by atoms with Crippen molar-refractivity contribution in [2.45, 2.75) is 25.9 Å². The van der Waals surface area contributed by atoms with Gasteiger partial charge in [-0.05, 0) is 31.5 Å². The van der Waals surface area contributed by atoms with E-state index in [1.54, 1.807) is 31.0 Å². The Hall–Kier alpha value is -3.25. The molecule has 1 aromatic heterocycles. The number of aryl methyl sites for hydroxylation is 1. The number of benzene rings is 1. The van der Waals surface area contributed by atoms with Crippen LogP contribution in [0.25, 0.3) is 16.3 Å². The van der Waals surface area contributed by atoms with Crippen LogP contribution in [0.4, 0.5) is 13.2 Å². The average Bonchev–Trinajstić information content (AvgIpc) is 3.06. The number of hydrogen-bond donors (Lipinski definition) is 2. The fraction of sp³-hybridized carbons (Fsp3) is 0.409. The first-order valence-electron chi connectivity index (χ1n) is 9.74. The van der Waals surface area contributed by atoms with Gasteiger partial charge in [-0.3, -0.25) is 11.0 Å². The van der Waals surface area contributed by atoms with E-state index in [0.29, 0.717) is 11.1 Å². The second kappa shape index (κ2) is 9.49. The van der Waals surface area contributed by atoms with Crippen molar-refractivity contribution >= 4 is 22.5 Å². The first-order chi connectivity index (χ1) is 14.8. The maximum absolute atomic E-state index is 13.3. The highest BCUT2D eigenvalue weighted by Crippen LogP contribution is 2.41. The van der Waals surface area contributed by atoms with E-state index in [2.05, 4.69) is 36.3 Å². The molecule has 0 amide bonds. The summed E-state index contributed by atoms with van der Waals surface area (Å²) in [4.78, 5) is 3.47. The van der Waals surface area contributed by atoms with Crippen molar-refractivity contribution in [2.24, 2.45) is 4.99 Å². The number of quaternary nitrogens is 1. The lowest BCUT2D eigenvalue weighted by Crippen LogP contribution is -2.36. The topological polar surface area (TPSA) is 107 Å². The lowest BCUT2D eigenvalue weighted by Gasteiger charge is -2.27. The van der Waals surface area contributed by atoms with Gasteiger partial charge >= 0.3 is 6.18 Å². The van der Waals surface area contributed by atoms with Crippen LogP contribution in [-0.4, -0.2) is 71.8 Å². The maximum Gasteiger partial charge on any atom is 0.434 e. The summed E-state index contributed by atoms with van der Waals surface area (Å²) in [7, 11) is 6.16. The zero-order chi connectivity index (χ0) is 24.3. The maximum atomic E-state index is 13.3. The molecule has 0 aliphatic carbocycles. The number of likely N-dealkylation sites (N-methyl/N-ethyl adjacent to an activating group) is 1. The number of aromatic nitrogens is 2. The van der Waals surface area contributed by atoms with Gasteiger partial charge in [0.25, 0.3) is 0 Å². The van der Waals surface area contributed by atoms with Gasteiger partial charge in [-0.2, -0.15) is 23.5 Å². The predicted molar refractivity (Wildman–Crippen MR) is 117 cm³/mol. The molecule has 0 radical (unpaired) electrons. The van der Waals surface area contributed by atoms with Crippen molar-refractivity contribution in [1.82, 2.24) is 10.2 Å². The Kier molecular flexibility index (Phi) is 7.42. The summed E-state index contributed by atoms with van der Waals surface area (Å²) in [5, 5.41) is 34.8. The molecule has 2 heterocycles. The molecule has 32 heavy (non-hydrogen) atoms. The Bertz CT molecular complexity index is 1160. The first-order valence-corrected chi connectivity index (χ1v) is 9.74. The van der Waals surface area contributed by atoms with Crippen molar-refractivity contribution in [3.63, 3.8) is 0 Å². The van der Waals surface area contributed by atoms with Gasteiger partial charge in [0.15, 0.2) is 5.71 Å². The molecule has 0 fully saturated rings. The Balaban J connectivity index is 0.000000451. The van der Waals surface area contributed by atoms with Crippen LogP contribution in [0.1, 0.15) is 24.1 Å². The molecule has 7 nitrogen and oxygen atoms in total. The number of aliphatic hydroxyl groups excluding tert-OH is 1. The minimum Gasteiger partial charge on any atom is -0.763 e. The van der Waals surface area contributed by atoms with E-state index in [9.17, 15) is 23.8 Å². The molecule has 170 valence electrons. The molecule has 1 aromatic carbocycles. The fourth-order valence-electron chi connectivity index (χ4n) is 3.23. The summed E-state index contributed by atoms with van der Waals surface area (Å²) >= 11 is 0. The van der Waals surface area contributed by atoms with Crippen molar-refractivity contribution in [1.29, 1.82) is 5.26 Å². The van der Waals surface area contributed by atoms with Gasteiger partial charge in [-0.15, -0.1) is 0 Å². The quantitative estimate of drug-likeness (QED) is 0.555. The largest absolute Gasteiger partial charge is 0.763 e. The monoisotopic (exact) mass is 446 g/mol. The van der Waals surface area contributed by atoms with E-state index < -0.39 is 23.4 Å². The molecule has 10 heteroatoms. The molecule has 3 rings (SSSR count). The zero-order valence-corrected chi connectivity index (χ0v) is 18.5.